The summed E-state index contributed by atoms with van der Waals surface area (Å²) in [5.41, 5.74) is 10.7. The lowest BCUT2D eigenvalue weighted by Gasteiger charge is -2.04. The Balaban J connectivity index is 2.78. The van der Waals surface area contributed by atoms with E-state index in [1.807, 2.05) is 0 Å². The molecule has 14 heavy (non-hydrogen) atoms. The molecular weight excluding hydrogens is 180 g/mol. The predicted molar refractivity (Wildman–Crippen MR) is 58.2 cm³/mol. The first-order chi connectivity index (χ1) is 6.91. The maximum atomic E-state index is 5.35. The Morgan fingerprint density at radius 1 is 0.571 bits per heavy atom. The SMILES string of the molecule is NCCCOCCCCOCCCN. The topological polar surface area (TPSA) is 70.5 Å². The quantitative estimate of drug-likeness (QED) is 0.481. The van der Waals surface area contributed by atoms with Crippen LogP contribution in [0.4, 0.5) is 0 Å². The Kier molecular flexibility index (Phi) is 12.7. The van der Waals surface area contributed by atoms with Crippen LogP contribution in [0.15, 0.2) is 0 Å². The van der Waals surface area contributed by atoms with Crippen LogP contribution in [-0.4, -0.2) is 39.5 Å². The second-order valence-corrected chi connectivity index (χ2v) is 3.22. The molecule has 0 saturated carbocycles. The van der Waals surface area contributed by atoms with Crippen LogP contribution >= 0.6 is 0 Å². The predicted octanol–water partition coefficient (Wildman–Crippen LogP) is 0.497. The summed E-state index contributed by atoms with van der Waals surface area (Å²) < 4.78 is 10.7. The number of unbranched alkanes of at least 4 members (excludes halogenated alkanes) is 1. The highest BCUT2D eigenvalue weighted by Gasteiger charge is 1.90. The van der Waals surface area contributed by atoms with Gasteiger partial charge in [-0.15, -0.1) is 0 Å². The van der Waals surface area contributed by atoms with Crippen LogP contribution in [0.2, 0.25) is 0 Å². The number of ether oxygens (including phenoxy) is 2. The highest BCUT2D eigenvalue weighted by atomic mass is 16.5. The third-order valence-electron chi connectivity index (χ3n) is 1.81. The van der Waals surface area contributed by atoms with Gasteiger partial charge in [0.15, 0.2) is 0 Å². The molecule has 86 valence electrons. The molecule has 0 aromatic carbocycles. The second kappa shape index (κ2) is 12.8. The molecule has 4 heteroatoms. The Morgan fingerprint density at radius 2 is 0.929 bits per heavy atom. The van der Waals surface area contributed by atoms with E-state index < -0.39 is 0 Å². The minimum absolute atomic E-state index is 0.711. The highest BCUT2D eigenvalue weighted by molar-refractivity contribution is 4.41. The fraction of sp³-hybridized carbons (Fsp3) is 1.00. The first kappa shape index (κ1) is 13.8. The average molecular weight is 204 g/mol. The molecule has 0 radical (unpaired) electrons. The molecule has 0 aromatic rings. The van der Waals surface area contributed by atoms with E-state index in [4.69, 9.17) is 20.9 Å². The number of nitrogens with two attached hydrogens (primary N) is 2. The molecule has 4 nitrogen and oxygen atoms in total. The smallest absolute Gasteiger partial charge is 0.0478 e. The number of rotatable bonds is 11. The van der Waals surface area contributed by atoms with Crippen LogP contribution < -0.4 is 11.5 Å². The van der Waals surface area contributed by atoms with Gasteiger partial charge >= 0.3 is 0 Å². The average Bonchev–Trinajstić information content (AvgIpc) is 2.21. The Morgan fingerprint density at radius 3 is 1.29 bits per heavy atom. The van der Waals surface area contributed by atoms with Crippen molar-refractivity contribution >= 4 is 0 Å². The van der Waals surface area contributed by atoms with Gasteiger partial charge in [-0.05, 0) is 38.8 Å². The Labute approximate surface area is 86.9 Å². The summed E-state index contributed by atoms with van der Waals surface area (Å²) in [5.74, 6) is 0. The zero-order chi connectivity index (χ0) is 10.5. The van der Waals surface area contributed by atoms with Gasteiger partial charge in [0, 0.05) is 26.4 Å². The minimum Gasteiger partial charge on any atom is -0.381 e. The first-order valence-electron chi connectivity index (χ1n) is 5.47. The summed E-state index contributed by atoms with van der Waals surface area (Å²) in [6, 6.07) is 0. The van der Waals surface area contributed by atoms with Crippen molar-refractivity contribution < 1.29 is 9.47 Å². The fourth-order valence-electron chi connectivity index (χ4n) is 0.983. The molecule has 0 fully saturated rings. The molecule has 0 spiro atoms. The molecule has 0 rings (SSSR count). The molecule has 0 unspecified atom stereocenters. The van der Waals surface area contributed by atoms with Gasteiger partial charge in [0.1, 0.15) is 0 Å². The number of hydrogen-bond donors (Lipinski definition) is 2. The largest absolute Gasteiger partial charge is 0.381 e. The molecule has 0 aliphatic heterocycles. The van der Waals surface area contributed by atoms with Crippen LogP contribution in [0.1, 0.15) is 25.7 Å². The zero-order valence-electron chi connectivity index (χ0n) is 9.04. The first-order valence-corrected chi connectivity index (χ1v) is 5.47. The van der Waals surface area contributed by atoms with Gasteiger partial charge in [0.2, 0.25) is 0 Å². The van der Waals surface area contributed by atoms with Gasteiger partial charge in [-0.1, -0.05) is 0 Å². The van der Waals surface area contributed by atoms with Crippen molar-refractivity contribution in [2.24, 2.45) is 11.5 Å². The van der Waals surface area contributed by atoms with Crippen LogP contribution in [0.3, 0.4) is 0 Å². The Bertz CT molecular complexity index is 90.1. The van der Waals surface area contributed by atoms with E-state index in [9.17, 15) is 0 Å². The van der Waals surface area contributed by atoms with E-state index in [1.165, 1.54) is 0 Å². The molecule has 0 aliphatic carbocycles. The van der Waals surface area contributed by atoms with Crippen LogP contribution in [0, 0.1) is 0 Å². The molecular formula is C10H24N2O2. The van der Waals surface area contributed by atoms with Crippen LogP contribution in [0.25, 0.3) is 0 Å². The van der Waals surface area contributed by atoms with Crippen molar-refractivity contribution in [1.29, 1.82) is 0 Å². The molecule has 0 bridgehead atoms. The van der Waals surface area contributed by atoms with Gasteiger partial charge in [-0.3, -0.25) is 0 Å². The summed E-state index contributed by atoms with van der Waals surface area (Å²) in [7, 11) is 0. The number of hydrogen-bond acceptors (Lipinski definition) is 4. The molecule has 0 amide bonds. The summed E-state index contributed by atoms with van der Waals surface area (Å²) >= 11 is 0. The van der Waals surface area contributed by atoms with Gasteiger partial charge in [-0.25, -0.2) is 0 Å². The van der Waals surface area contributed by atoms with E-state index >= 15 is 0 Å². The minimum atomic E-state index is 0.711. The van der Waals surface area contributed by atoms with Crippen molar-refractivity contribution in [3.8, 4) is 0 Å². The molecule has 0 heterocycles. The molecule has 4 N–H and O–H groups in total. The van der Waals surface area contributed by atoms with Gasteiger partial charge < -0.3 is 20.9 Å². The van der Waals surface area contributed by atoms with E-state index in [2.05, 4.69) is 0 Å². The van der Waals surface area contributed by atoms with E-state index in [0.29, 0.717) is 13.1 Å². The van der Waals surface area contributed by atoms with Crippen molar-refractivity contribution in [3.05, 3.63) is 0 Å². The summed E-state index contributed by atoms with van der Waals surface area (Å²) in [4.78, 5) is 0. The highest BCUT2D eigenvalue weighted by Crippen LogP contribution is 1.92. The van der Waals surface area contributed by atoms with Gasteiger partial charge in [0.25, 0.3) is 0 Å². The van der Waals surface area contributed by atoms with Crippen molar-refractivity contribution in [3.63, 3.8) is 0 Å². The summed E-state index contributed by atoms with van der Waals surface area (Å²) in [6.45, 7) is 4.62. The lowest BCUT2D eigenvalue weighted by Crippen LogP contribution is -2.07. The molecule has 0 aliphatic rings. The third-order valence-corrected chi connectivity index (χ3v) is 1.81. The van der Waals surface area contributed by atoms with Gasteiger partial charge in [0.05, 0.1) is 0 Å². The second-order valence-electron chi connectivity index (χ2n) is 3.22. The van der Waals surface area contributed by atoms with Gasteiger partial charge in [-0.2, -0.15) is 0 Å². The van der Waals surface area contributed by atoms with Crippen LogP contribution in [-0.2, 0) is 9.47 Å². The van der Waals surface area contributed by atoms with Crippen molar-refractivity contribution in [2.75, 3.05) is 39.5 Å². The third kappa shape index (κ3) is 11.8. The van der Waals surface area contributed by atoms with E-state index in [0.717, 1.165) is 52.1 Å². The molecule has 0 atom stereocenters. The van der Waals surface area contributed by atoms with Crippen molar-refractivity contribution in [2.45, 2.75) is 25.7 Å². The van der Waals surface area contributed by atoms with E-state index in [1.54, 1.807) is 0 Å². The maximum Gasteiger partial charge on any atom is 0.0478 e. The molecule has 0 aromatic heterocycles. The maximum absolute atomic E-state index is 5.35. The zero-order valence-corrected chi connectivity index (χ0v) is 9.04. The lowest BCUT2D eigenvalue weighted by molar-refractivity contribution is 0.102. The summed E-state index contributed by atoms with van der Waals surface area (Å²) in [5, 5.41) is 0. The molecule has 0 saturated heterocycles. The van der Waals surface area contributed by atoms with E-state index in [-0.39, 0.29) is 0 Å². The Hall–Kier alpha value is -0.160. The lowest BCUT2D eigenvalue weighted by atomic mass is 10.3. The summed E-state index contributed by atoms with van der Waals surface area (Å²) in [6.07, 6.45) is 4.03. The standard InChI is InChI=1S/C10H24N2O2/c11-5-3-9-13-7-1-2-8-14-10-4-6-12/h1-12H2. The normalized spacial score (nSPS) is 10.7. The van der Waals surface area contributed by atoms with Crippen LogP contribution in [0.5, 0.6) is 0 Å². The monoisotopic (exact) mass is 204 g/mol. The van der Waals surface area contributed by atoms with Crippen molar-refractivity contribution in [1.82, 2.24) is 0 Å². The fourth-order valence-corrected chi connectivity index (χ4v) is 0.983.